The molecule has 0 saturated carbocycles. The van der Waals surface area contributed by atoms with Gasteiger partial charge < -0.3 is 4.74 Å². The largest absolute Gasteiger partial charge is 0.340 e. The summed E-state index contributed by atoms with van der Waals surface area (Å²) in [5.41, 5.74) is 0. The van der Waals surface area contributed by atoms with E-state index < -0.39 is 0 Å². The van der Waals surface area contributed by atoms with Crippen LogP contribution in [0.3, 0.4) is 0 Å². The van der Waals surface area contributed by atoms with Crippen molar-refractivity contribution < 1.29 is 4.74 Å². The number of nitrogens with zero attached hydrogens (tertiary/aromatic N) is 1. The van der Waals surface area contributed by atoms with Crippen LogP contribution in [0.15, 0.2) is 4.99 Å². The van der Waals surface area contributed by atoms with Gasteiger partial charge >= 0.3 is 0 Å². The molecule has 1 unspecified atom stereocenters. The summed E-state index contributed by atoms with van der Waals surface area (Å²) >= 11 is 3.09. The Labute approximate surface area is 44.3 Å². The van der Waals surface area contributed by atoms with Gasteiger partial charge in [-0.2, -0.15) is 0 Å². The van der Waals surface area contributed by atoms with E-state index in [2.05, 4.69) is 27.1 Å². The summed E-state index contributed by atoms with van der Waals surface area (Å²) in [6.07, 6.45) is 2.63. The molecule has 0 fully saturated rings. The summed E-state index contributed by atoms with van der Waals surface area (Å²) in [6, 6.07) is 0. The molecule has 6 heavy (non-hydrogen) atoms. The lowest BCUT2D eigenvalue weighted by Crippen LogP contribution is -1.90. The molecule has 33 valence electrons. The van der Waals surface area contributed by atoms with Crippen molar-refractivity contribution >= 4 is 22.1 Å². The van der Waals surface area contributed by atoms with Crippen LogP contribution in [0.4, 0.5) is 0 Å². The summed E-state index contributed by atoms with van der Waals surface area (Å²) in [4.78, 5) is 3.68. The van der Waals surface area contributed by atoms with Crippen LogP contribution in [0.5, 0.6) is 0 Å². The molecule has 2 nitrogen and oxygen atoms in total. The Morgan fingerprint density at radius 1 is 2.00 bits per heavy atom. The predicted octanol–water partition coefficient (Wildman–Crippen LogP) is 0.643. The van der Waals surface area contributed by atoms with E-state index in [9.17, 15) is 0 Å². The van der Waals surface area contributed by atoms with Gasteiger partial charge in [0.25, 0.3) is 0 Å². The van der Waals surface area contributed by atoms with E-state index in [1.807, 2.05) is 0 Å². The number of ether oxygens (including phenoxy) is 1. The smallest absolute Gasteiger partial charge is 0.205 e. The fourth-order valence-corrected chi connectivity index (χ4v) is 0.529. The number of halogens is 1. The number of aliphatic imine (C=N–C) groups is 1. The standard InChI is InChI=1S/C3H3BrNO/c4-3-5-1-2-6-3/h3H,2H2. The van der Waals surface area contributed by atoms with Crippen LogP contribution in [0.2, 0.25) is 0 Å². The molecule has 0 bridgehead atoms. The third kappa shape index (κ3) is 0.786. The summed E-state index contributed by atoms with van der Waals surface area (Å²) in [6.45, 7) is 0.524. The first-order chi connectivity index (χ1) is 2.89. The van der Waals surface area contributed by atoms with Crippen molar-refractivity contribution in [2.75, 3.05) is 6.61 Å². The number of hydrogen-bond acceptors (Lipinski definition) is 2. The SMILES string of the molecule is BrC1N=[C]CO1. The minimum Gasteiger partial charge on any atom is -0.340 e. The average Bonchev–Trinajstić information content (AvgIpc) is 1.86. The molecule has 1 heterocycles. The molecular weight excluding hydrogens is 146 g/mol. The highest BCUT2D eigenvalue weighted by Crippen LogP contribution is 2.05. The molecule has 0 aliphatic carbocycles. The molecule has 0 amide bonds. The van der Waals surface area contributed by atoms with Crippen molar-refractivity contribution in [1.82, 2.24) is 0 Å². The first-order valence-corrected chi connectivity index (χ1v) is 2.49. The number of alkyl halides is 1. The van der Waals surface area contributed by atoms with Gasteiger partial charge in [0.1, 0.15) is 0 Å². The molecule has 0 spiro atoms. The van der Waals surface area contributed by atoms with Crippen molar-refractivity contribution in [3.63, 3.8) is 0 Å². The Bertz CT molecular complexity index is 73.2. The Balaban J connectivity index is 2.38. The average molecular weight is 149 g/mol. The van der Waals surface area contributed by atoms with Gasteiger partial charge in [-0.1, -0.05) is 0 Å². The Kier molecular flexibility index (Phi) is 1.22. The minimum absolute atomic E-state index is 0.127. The highest BCUT2D eigenvalue weighted by atomic mass is 79.9. The molecule has 0 aromatic heterocycles. The molecule has 1 radical (unpaired) electrons. The summed E-state index contributed by atoms with van der Waals surface area (Å²) < 4.78 is 4.79. The molecule has 1 aliphatic rings. The molecule has 1 rings (SSSR count). The maximum Gasteiger partial charge on any atom is 0.205 e. The molecule has 0 aromatic carbocycles. The van der Waals surface area contributed by atoms with E-state index in [4.69, 9.17) is 4.74 Å². The highest BCUT2D eigenvalue weighted by molar-refractivity contribution is 9.09. The monoisotopic (exact) mass is 148 g/mol. The van der Waals surface area contributed by atoms with Crippen molar-refractivity contribution in [3.8, 4) is 0 Å². The Morgan fingerprint density at radius 3 is 3.00 bits per heavy atom. The lowest BCUT2D eigenvalue weighted by Gasteiger charge is -1.89. The van der Waals surface area contributed by atoms with Crippen molar-refractivity contribution in [2.24, 2.45) is 4.99 Å². The zero-order chi connectivity index (χ0) is 4.41. The second-order valence-corrected chi connectivity index (χ2v) is 1.67. The van der Waals surface area contributed by atoms with E-state index in [0.29, 0.717) is 6.61 Å². The Hall–Kier alpha value is 0.110. The maximum atomic E-state index is 4.79. The van der Waals surface area contributed by atoms with Crippen LogP contribution in [0.25, 0.3) is 0 Å². The van der Waals surface area contributed by atoms with Gasteiger partial charge in [-0.15, -0.1) is 0 Å². The quantitative estimate of drug-likeness (QED) is 0.365. The molecule has 3 heteroatoms. The van der Waals surface area contributed by atoms with Crippen LogP contribution in [-0.4, -0.2) is 18.0 Å². The molecule has 0 saturated heterocycles. The maximum absolute atomic E-state index is 4.79. The van der Waals surface area contributed by atoms with Gasteiger partial charge in [-0.25, -0.2) is 4.99 Å². The first-order valence-electron chi connectivity index (χ1n) is 1.58. The zero-order valence-corrected chi connectivity index (χ0v) is 4.60. The van der Waals surface area contributed by atoms with Crippen LogP contribution >= 0.6 is 15.9 Å². The summed E-state index contributed by atoms with van der Waals surface area (Å²) in [5, 5.41) is -0.127. The minimum atomic E-state index is -0.127. The van der Waals surface area contributed by atoms with Gasteiger partial charge in [-0.05, 0) is 15.9 Å². The van der Waals surface area contributed by atoms with Crippen LogP contribution in [0.1, 0.15) is 0 Å². The van der Waals surface area contributed by atoms with Gasteiger partial charge in [0.2, 0.25) is 5.14 Å². The van der Waals surface area contributed by atoms with Gasteiger partial charge in [0, 0.05) is 0 Å². The molecule has 0 N–H and O–H groups in total. The fraction of sp³-hybridized carbons (Fsp3) is 0.667. The van der Waals surface area contributed by atoms with Gasteiger partial charge in [-0.3, -0.25) is 0 Å². The van der Waals surface area contributed by atoms with Crippen molar-refractivity contribution in [3.05, 3.63) is 0 Å². The van der Waals surface area contributed by atoms with Crippen molar-refractivity contribution in [1.29, 1.82) is 0 Å². The lowest BCUT2D eigenvalue weighted by atomic mass is 10.8. The number of hydrogen-bond donors (Lipinski definition) is 0. The second kappa shape index (κ2) is 1.71. The van der Waals surface area contributed by atoms with Gasteiger partial charge in [0.05, 0.1) is 12.8 Å². The summed E-state index contributed by atoms with van der Waals surface area (Å²) in [5.74, 6) is 0. The zero-order valence-electron chi connectivity index (χ0n) is 3.02. The lowest BCUT2D eigenvalue weighted by molar-refractivity contribution is 0.182. The van der Waals surface area contributed by atoms with Crippen molar-refractivity contribution in [2.45, 2.75) is 5.14 Å². The van der Waals surface area contributed by atoms with E-state index in [0.717, 1.165) is 0 Å². The molecule has 0 aromatic rings. The van der Waals surface area contributed by atoms with Crippen LogP contribution < -0.4 is 0 Å². The predicted molar refractivity (Wildman–Crippen MR) is 26.1 cm³/mol. The van der Waals surface area contributed by atoms with E-state index in [1.54, 1.807) is 0 Å². The second-order valence-electron chi connectivity index (χ2n) is 0.890. The van der Waals surface area contributed by atoms with Gasteiger partial charge in [0.15, 0.2) is 0 Å². The van der Waals surface area contributed by atoms with E-state index in [-0.39, 0.29) is 5.14 Å². The topological polar surface area (TPSA) is 21.6 Å². The third-order valence-electron chi connectivity index (χ3n) is 0.478. The van der Waals surface area contributed by atoms with Crippen LogP contribution in [0, 0.1) is 0 Å². The van der Waals surface area contributed by atoms with Crippen LogP contribution in [-0.2, 0) is 4.74 Å². The normalized spacial score (nSPS) is 31.8. The molecule has 1 atom stereocenters. The third-order valence-corrected chi connectivity index (χ3v) is 0.947. The number of rotatable bonds is 0. The molecular formula is C3H3BrNO. The fourth-order valence-electron chi connectivity index (χ4n) is 0.252. The first kappa shape index (κ1) is 4.27. The summed E-state index contributed by atoms with van der Waals surface area (Å²) in [7, 11) is 0. The Morgan fingerprint density at radius 2 is 2.83 bits per heavy atom. The molecule has 1 aliphatic heterocycles. The van der Waals surface area contributed by atoms with E-state index >= 15 is 0 Å². The highest BCUT2D eigenvalue weighted by Gasteiger charge is 2.02. The van der Waals surface area contributed by atoms with E-state index in [1.165, 1.54) is 0 Å².